The first-order valence-electron chi connectivity index (χ1n) is 6.20. The summed E-state index contributed by atoms with van der Waals surface area (Å²) in [6.07, 6.45) is 0.847. The van der Waals surface area contributed by atoms with Gasteiger partial charge in [-0.3, -0.25) is 0 Å². The molecule has 106 valence electrons. The van der Waals surface area contributed by atoms with Gasteiger partial charge in [0.2, 0.25) is 0 Å². The van der Waals surface area contributed by atoms with Crippen molar-refractivity contribution in [3.05, 3.63) is 57.6 Å². The van der Waals surface area contributed by atoms with Crippen LogP contribution in [0.2, 0.25) is 0 Å². The fraction of sp³-hybridized carbons (Fsp3) is 0.200. The Balaban J connectivity index is 2.17. The second-order valence-corrected chi connectivity index (χ2v) is 5.33. The number of phenolic OH excluding ortho intramolecular Hbond substituents is 1. The van der Waals surface area contributed by atoms with Gasteiger partial charge >= 0.3 is 0 Å². The third-order valence-corrected chi connectivity index (χ3v) is 3.50. The molecule has 0 radical (unpaired) electrons. The molecule has 0 amide bonds. The fourth-order valence-corrected chi connectivity index (χ4v) is 2.35. The maximum atomic E-state index is 13.2. The van der Waals surface area contributed by atoms with Gasteiger partial charge in [-0.1, -0.05) is 22.9 Å². The molecule has 2 N–H and O–H groups in total. The molecule has 0 unspecified atom stereocenters. The highest BCUT2D eigenvalue weighted by atomic mass is 79.9. The van der Waals surface area contributed by atoms with Crippen molar-refractivity contribution in [2.75, 3.05) is 5.32 Å². The van der Waals surface area contributed by atoms with Gasteiger partial charge in [-0.05, 0) is 47.9 Å². The molecular weight excluding hydrogens is 328 g/mol. The Morgan fingerprint density at radius 2 is 1.80 bits per heavy atom. The molecular formula is C15H14BrF2NO. The Bertz CT molecular complexity index is 608. The van der Waals surface area contributed by atoms with Crippen molar-refractivity contribution in [1.82, 2.24) is 0 Å². The van der Waals surface area contributed by atoms with E-state index in [9.17, 15) is 8.78 Å². The van der Waals surface area contributed by atoms with E-state index in [0.717, 1.165) is 34.3 Å². The molecule has 0 aliphatic carbocycles. The SMILES string of the molecule is CCc1cc(Br)ccc1NCc1cc(F)c(O)c(F)c1. The van der Waals surface area contributed by atoms with Gasteiger partial charge in [-0.2, -0.15) is 0 Å². The van der Waals surface area contributed by atoms with Gasteiger partial charge in [0.15, 0.2) is 17.4 Å². The Labute approximate surface area is 124 Å². The van der Waals surface area contributed by atoms with Gasteiger partial charge < -0.3 is 10.4 Å². The minimum Gasteiger partial charge on any atom is -0.503 e. The zero-order chi connectivity index (χ0) is 14.7. The molecule has 0 saturated heterocycles. The van der Waals surface area contributed by atoms with E-state index in [0.29, 0.717) is 5.56 Å². The highest BCUT2D eigenvalue weighted by Gasteiger charge is 2.09. The second-order valence-electron chi connectivity index (χ2n) is 4.42. The number of rotatable bonds is 4. The van der Waals surface area contributed by atoms with Crippen molar-refractivity contribution in [3.63, 3.8) is 0 Å². The molecule has 2 rings (SSSR count). The van der Waals surface area contributed by atoms with Crippen molar-refractivity contribution in [2.24, 2.45) is 0 Å². The zero-order valence-electron chi connectivity index (χ0n) is 10.9. The van der Waals surface area contributed by atoms with Gasteiger partial charge in [0.05, 0.1) is 0 Å². The van der Waals surface area contributed by atoms with Crippen LogP contribution >= 0.6 is 15.9 Å². The Morgan fingerprint density at radius 3 is 2.40 bits per heavy atom. The molecule has 5 heteroatoms. The van der Waals surface area contributed by atoms with Crippen LogP contribution in [0.1, 0.15) is 18.1 Å². The number of aromatic hydroxyl groups is 1. The first-order chi connectivity index (χ1) is 9.51. The topological polar surface area (TPSA) is 32.3 Å². The maximum absolute atomic E-state index is 13.2. The lowest BCUT2D eigenvalue weighted by molar-refractivity contribution is 0.395. The van der Waals surface area contributed by atoms with Gasteiger partial charge in [0.25, 0.3) is 0 Å². The van der Waals surface area contributed by atoms with E-state index in [1.165, 1.54) is 0 Å². The molecule has 0 saturated carbocycles. The van der Waals surface area contributed by atoms with Gasteiger partial charge in [0.1, 0.15) is 0 Å². The minimum atomic E-state index is -0.951. The first kappa shape index (κ1) is 14.8. The molecule has 0 aromatic heterocycles. The second kappa shape index (κ2) is 6.22. The molecule has 0 aliphatic rings. The predicted molar refractivity (Wildman–Crippen MR) is 78.9 cm³/mol. The summed E-state index contributed by atoms with van der Waals surface area (Å²) in [4.78, 5) is 0. The van der Waals surface area contributed by atoms with E-state index in [1.54, 1.807) is 0 Å². The number of hydrogen-bond acceptors (Lipinski definition) is 2. The van der Waals surface area contributed by atoms with Gasteiger partial charge in [-0.25, -0.2) is 8.78 Å². The van der Waals surface area contributed by atoms with Crippen LogP contribution in [0.25, 0.3) is 0 Å². The van der Waals surface area contributed by atoms with E-state index in [4.69, 9.17) is 5.11 Å². The van der Waals surface area contributed by atoms with Crippen LogP contribution < -0.4 is 5.32 Å². The number of halogens is 3. The highest BCUT2D eigenvalue weighted by Crippen LogP contribution is 2.24. The van der Waals surface area contributed by atoms with Crippen LogP contribution in [0.3, 0.4) is 0 Å². The molecule has 2 nitrogen and oxygen atoms in total. The van der Waals surface area contributed by atoms with Crippen molar-refractivity contribution >= 4 is 21.6 Å². The van der Waals surface area contributed by atoms with Crippen molar-refractivity contribution in [3.8, 4) is 5.75 Å². The molecule has 0 bridgehead atoms. The average Bonchev–Trinajstić information content (AvgIpc) is 2.43. The van der Waals surface area contributed by atoms with E-state index in [2.05, 4.69) is 21.2 Å². The van der Waals surface area contributed by atoms with Crippen LogP contribution in [0.5, 0.6) is 5.75 Å². The third kappa shape index (κ3) is 3.28. The van der Waals surface area contributed by atoms with Crippen LogP contribution in [-0.4, -0.2) is 5.11 Å². The maximum Gasteiger partial charge on any atom is 0.187 e. The van der Waals surface area contributed by atoms with E-state index < -0.39 is 17.4 Å². The summed E-state index contributed by atoms with van der Waals surface area (Å²) in [7, 11) is 0. The monoisotopic (exact) mass is 341 g/mol. The van der Waals surface area contributed by atoms with E-state index in [-0.39, 0.29) is 6.54 Å². The highest BCUT2D eigenvalue weighted by molar-refractivity contribution is 9.10. The number of hydrogen-bond donors (Lipinski definition) is 2. The third-order valence-electron chi connectivity index (χ3n) is 3.01. The normalized spacial score (nSPS) is 10.6. The lowest BCUT2D eigenvalue weighted by Gasteiger charge is -2.12. The van der Waals surface area contributed by atoms with Crippen LogP contribution in [0.4, 0.5) is 14.5 Å². The number of benzene rings is 2. The summed E-state index contributed by atoms with van der Waals surface area (Å²) in [5.41, 5.74) is 2.46. The van der Waals surface area contributed by atoms with Gasteiger partial charge in [0, 0.05) is 16.7 Å². The Hall–Kier alpha value is -1.62. The molecule has 0 atom stereocenters. The smallest absolute Gasteiger partial charge is 0.187 e. The Morgan fingerprint density at radius 1 is 1.15 bits per heavy atom. The molecule has 0 fully saturated rings. The quantitative estimate of drug-likeness (QED) is 0.851. The lowest BCUT2D eigenvalue weighted by Crippen LogP contribution is -2.03. The van der Waals surface area contributed by atoms with E-state index in [1.807, 2.05) is 25.1 Å². The summed E-state index contributed by atoms with van der Waals surface area (Å²) in [5.74, 6) is -2.84. The molecule has 2 aromatic rings. The van der Waals surface area contributed by atoms with Crippen LogP contribution in [-0.2, 0) is 13.0 Å². The van der Waals surface area contributed by atoms with E-state index >= 15 is 0 Å². The van der Waals surface area contributed by atoms with Gasteiger partial charge in [-0.15, -0.1) is 0 Å². The standard InChI is InChI=1S/C15H14BrF2NO/c1-2-10-7-11(16)3-4-14(10)19-8-9-5-12(17)15(20)13(18)6-9/h3-7,19-20H,2,8H2,1H3. The molecule has 20 heavy (non-hydrogen) atoms. The number of nitrogens with one attached hydrogen (secondary N) is 1. The lowest BCUT2D eigenvalue weighted by atomic mass is 10.1. The number of phenols is 1. The summed E-state index contributed by atoms with van der Waals surface area (Å²) in [5, 5.41) is 12.2. The summed E-state index contributed by atoms with van der Waals surface area (Å²) < 4.78 is 27.5. The fourth-order valence-electron chi connectivity index (χ4n) is 1.94. The van der Waals surface area contributed by atoms with Crippen molar-refractivity contribution in [1.29, 1.82) is 0 Å². The summed E-state index contributed by atoms with van der Waals surface area (Å²) in [6, 6.07) is 8.06. The van der Waals surface area contributed by atoms with Crippen LogP contribution in [0, 0.1) is 11.6 Å². The largest absolute Gasteiger partial charge is 0.503 e. The molecule has 2 aromatic carbocycles. The Kier molecular flexibility index (Phi) is 4.60. The zero-order valence-corrected chi connectivity index (χ0v) is 12.5. The average molecular weight is 342 g/mol. The minimum absolute atomic E-state index is 0.281. The molecule has 0 aliphatic heterocycles. The molecule has 0 spiro atoms. The van der Waals surface area contributed by atoms with Crippen molar-refractivity contribution in [2.45, 2.75) is 19.9 Å². The molecule has 0 heterocycles. The number of aryl methyl sites for hydroxylation is 1. The van der Waals surface area contributed by atoms with Crippen molar-refractivity contribution < 1.29 is 13.9 Å². The number of anilines is 1. The van der Waals surface area contributed by atoms with Crippen LogP contribution in [0.15, 0.2) is 34.8 Å². The summed E-state index contributed by atoms with van der Waals surface area (Å²) >= 11 is 3.41. The first-order valence-corrected chi connectivity index (χ1v) is 6.99. The summed E-state index contributed by atoms with van der Waals surface area (Å²) in [6.45, 7) is 2.32. The predicted octanol–water partition coefficient (Wildman–Crippen LogP) is 4.61.